The molecule has 120 valence electrons. The summed E-state index contributed by atoms with van der Waals surface area (Å²) >= 11 is 7.41. The molecule has 4 nitrogen and oxygen atoms in total. The standard InChI is InChI=1S/C16H14ClNO3S2/c17-12-3-5-13(6-4-12)18(14-7-9-23(20,21)11-14)16(19)10-15-2-1-8-22-15/h1-9,14H,10-11H2/t14-/m0/s1. The van der Waals surface area contributed by atoms with Gasteiger partial charge >= 0.3 is 0 Å². The number of nitrogens with zero attached hydrogens (tertiary/aromatic N) is 1. The topological polar surface area (TPSA) is 54.5 Å². The zero-order chi connectivity index (χ0) is 16.4. The molecular weight excluding hydrogens is 354 g/mol. The summed E-state index contributed by atoms with van der Waals surface area (Å²) in [6, 6.07) is 10.1. The highest BCUT2D eigenvalue weighted by Gasteiger charge is 2.31. The SMILES string of the molecule is O=C(Cc1cccs1)N(c1ccc(Cl)cc1)[C@H]1C=CS(=O)(=O)C1. The number of rotatable bonds is 4. The van der Waals surface area contributed by atoms with Gasteiger partial charge < -0.3 is 4.90 Å². The van der Waals surface area contributed by atoms with E-state index >= 15 is 0 Å². The lowest BCUT2D eigenvalue weighted by atomic mass is 10.2. The van der Waals surface area contributed by atoms with Crippen molar-refractivity contribution in [3.63, 3.8) is 0 Å². The van der Waals surface area contributed by atoms with Gasteiger partial charge in [-0.15, -0.1) is 11.3 Å². The third-order valence-electron chi connectivity index (χ3n) is 3.52. The first kappa shape index (κ1) is 16.2. The molecule has 2 heterocycles. The maximum atomic E-state index is 12.8. The summed E-state index contributed by atoms with van der Waals surface area (Å²) < 4.78 is 23.5. The van der Waals surface area contributed by atoms with Crippen molar-refractivity contribution in [3.8, 4) is 0 Å². The predicted octanol–water partition coefficient (Wildman–Crippen LogP) is 3.29. The molecule has 1 aliphatic rings. The fourth-order valence-corrected chi connectivity index (χ4v) is 4.58. The predicted molar refractivity (Wildman–Crippen MR) is 93.7 cm³/mol. The van der Waals surface area contributed by atoms with Gasteiger partial charge in [-0.1, -0.05) is 17.7 Å². The molecule has 0 saturated carbocycles. The van der Waals surface area contributed by atoms with E-state index in [1.807, 2.05) is 17.5 Å². The molecule has 0 bridgehead atoms. The first-order valence-electron chi connectivity index (χ1n) is 6.95. The van der Waals surface area contributed by atoms with Crippen LogP contribution in [0.15, 0.2) is 53.3 Å². The van der Waals surface area contributed by atoms with Crippen LogP contribution < -0.4 is 4.90 Å². The Bertz CT molecular complexity index is 827. The summed E-state index contributed by atoms with van der Waals surface area (Å²) in [5, 5.41) is 3.66. The number of sulfone groups is 1. The highest BCUT2D eigenvalue weighted by atomic mass is 35.5. The average Bonchev–Trinajstić information content (AvgIpc) is 3.11. The Kier molecular flexibility index (Phi) is 4.57. The van der Waals surface area contributed by atoms with Crippen LogP contribution in [0.5, 0.6) is 0 Å². The van der Waals surface area contributed by atoms with Gasteiger partial charge in [-0.2, -0.15) is 0 Å². The molecule has 0 radical (unpaired) electrons. The molecule has 3 rings (SSSR count). The second-order valence-corrected chi connectivity index (χ2v) is 8.62. The van der Waals surface area contributed by atoms with E-state index in [9.17, 15) is 13.2 Å². The van der Waals surface area contributed by atoms with Crippen LogP contribution in [0.3, 0.4) is 0 Å². The summed E-state index contributed by atoms with van der Waals surface area (Å²) in [5.74, 6) is -0.229. The quantitative estimate of drug-likeness (QED) is 0.833. The first-order valence-corrected chi connectivity index (χ1v) is 9.93. The van der Waals surface area contributed by atoms with Crippen molar-refractivity contribution in [2.45, 2.75) is 12.5 Å². The first-order chi connectivity index (χ1) is 10.9. The van der Waals surface area contributed by atoms with E-state index in [4.69, 9.17) is 11.6 Å². The number of amides is 1. The molecule has 0 fully saturated rings. The van der Waals surface area contributed by atoms with Gasteiger partial charge in [-0.25, -0.2) is 8.42 Å². The van der Waals surface area contributed by atoms with Crippen molar-refractivity contribution in [3.05, 3.63) is 63.2 Å². The van der Waals surface area contributed by atoms with Crippen LogP contribution in [-0.4, -0.2) is 26.1 Å². The van der Waals surface area contributed by atoms with Gasteiger partial charge in [0.1, 0.15) is 0 Å². The number of carbonyl (C=O) groups is 1. The lowest BCUT2D eigenvalue weighted by Gasteiger charge is -2.27. The average molecular weight is 368 g/mol. The molecule has 2 aromatic rings. The number of hydrogen-bond acceptors (Lipinski definition) is 4. The van der Waals surface area contributed by atoms with E-state index < -0.39 is 15.9 Å². The smallest absolute Gasteiger partial charge is 0.232 e. The van der Waals surface area contributed by atoms with Crippen LogP contribution in [0.2, 0.25) is 5.02 Å². The third-order valence-corrected chi connectivity index (χ3v) is 6.03. The van der Waals surface area contributed by atoms with Crippen LogP contribution in [0.1, 0.15) is 4.88 Å². The van der Waals surface area contributed by atoms with Gasteiger partial charge in [0, 0.05) is 21.0 Å². The second kappa shape index (κ2) is 6.47. The van der Waals surface area contributed by atoms with Gasteiger partial charge in [-0.3, -0.25) is 4.79 Å². The summed E-state index contributed by atoms with van der Waals surface area (Å²) in [6.45, 7) is 0. The summed E-state index contributed by atoms with van der Waals surface area (Å²) in [6.07, 6.45) is 1.81. The number of hydrogen-bond donors (Lipinski definition) is 0. The van der Waals surface area contributed by atoms with Gasteiger partial charge in [0.05, 0.1) is 18.2 Å². The fourth-order valence-electron chi connectivity index (χ4n) is 2.49. The van der Waals surface area contributed by atoms with Gasteiger partial charge in [0.15, 0.2) is 9.84 Å². The zero-order valence-corrected chi connectivity index (χ0v) is 14.4. The molecule has 23 heavy (non-hydrogen) atoms. The molecule has 0 N–H and O–H groups in total. The summed E-state index contributed by atoms with van der Waals surface area (Å²) in [4.78, 5) is 15.2. The van der Waals surface area contributed by atoms with Crippen molar-refractivity contribution in [1.82, 2.24) is 0 Å². The number of carbonyl (C=O) groups excluding carboxylic acids is 1. The molecular formula is C16H14ClNO3S2. The number of halogens is 1. The maximum absolute atomic E-state index is 12.8. The number of anilines is 1. The van der Waals surface area contributed by atoms with E-state index in [0.717, 1.165) is 4.88 Å². The Morgan fingerprint density at radius 3 is 2.57 bits per heavy atom. The van der Waals surface area contributed by atoms with Crippen LogP contribution in [-0.2, 0) is 21.1 Å². The highest BCUT2D eigenvalue weighted by Crippen LogP contribution is 2.26. The van der Waals surface area contributed by atoms with E-state index in [0.29, 0.717) is 10.7 Å². The number of thiophene rings is 1. The molecule has 1 aromatic heterocycles. The van der Waals surface area contributed by atoms with Crippen molar-refractivity contribution in [1.29, 1.82) is 0 Å². The van der Waals surface area contributed by atoms with E-state index in [-0.39, 0.29) is 18.1 Å². The Balaban J connectivity index is 1.91. The van der Waals surface area contributed by atoms with Crippen molar-refractivity contribution >= 4 is 44.4 Å². The molecule has 0 spiro atoms. The number of benzene rings is 1. The van der Waals surface area contributed by atoms with Crippen LogP contribution in [0.4, 0.5) is 5.69 Å². The Labute approximate surface area is 143 Å². The van der Waals surface area contributed by atoms with Gasteiger partial charge in [-0.05, 0) is 41.8 Å². The lowest BCUT2D eigenvalue weighted by molar-refractivity contribution is -0.118. The minimum absolute atomic E-state index is 0.0915. The van der Waals surface area contributed by atoms with Crippen LogP contribution in [0, 0.1) is 0 Å². The molecule has 0 unspecified atom stereocenters. The van der Waals surface area contributed by atoms with E-state index in [1.165, 1.54) is 21.6 Å². The van der Waals surface area contributed by atoms with Crippen molar-refractivity contribution in [2.24, 2.45) is 0 Å². The minimum Gasteiger partial charge on any atom is -0.304 e. The molecule has 1 aromatic carbocycles. The Hall–Kier alpha value is -1.63. The highest BCUT2D eigenvalue weighted by molar-refractivity contribution is 7.94. The van der Waals surface area contributed by atoms with E-state index in [1.54, 1.807) is 30.3 Å². The molecule has 0 aliphatic carbocycles. The fraction of sp³-hybridized carbons (Fsp3) is 0.188. The third kappa shape index (κ3) is 3.83. The van der Waals surface area contributed by atoms with Gasteiger partial charge in [0.2, 0.25) is 5.91 Å². The Morgan fingerprint density at radius 2 is 2.00 bits per heavy atom. The zero-order valence-electron chi connectivity index (χ0n) is 12.1. The maximum Gasteiger partial charge on any atom is 0.232 e. The Morgan fingerprint density at radius 1 is 1.26 bits per heavy atom. The summed E-state index contributed by atoms with van der Waals surface area (Å²) in [7, 11) is -3.25. The molecule has 1 atom stereocenters. The molecule has 1 aliphatic heterocycles. The molecule has 1 amide bonds. The molecule has 7 heteroatoms. The van der Waals surface area contributed by atoms with Gasteiger partial charge in [0.25, 0.3) is 0 Å². The monoisotopic (exact) mass is 367 g/mol. The minimum atomic E-state index is -3.25. The second-order valence-electron chi connectivity index (χ2n) is 5.22. The van der Waals surface area contributed by atoms with E-state index in [2.05, 4.69) is 0 Å². The normalized spacial score (nSPS) is 18.9. The van der Waals surface area contributed by atoms with Crippen molar-refractivity contribution in [2.75, 3.05) is 10.7 Å². The summed E-state index contributed by atoms with van der Waals surface area (Å²) in [5.41, 5.74) is 0.641. The van der Waals surface area contributed by atoms with Crippen LogP contribution >= 0.6 is 22.9 Å². The van der Waals surface area contributed by atoms with Crippen molar-refractivity contribution < 1.29 is 13.2 Å². The lowest BCUT2D eigenvalue weighted by Crippen LogP contribution is -2.42. The molecule has 0 saturated heterocycles. The largest absolute Gasteiger partial charge is 0.304 e. The van der Waals surface area contributed by atoms with Crippen LogP contribution in [0.25, 0.3) is 0 Å².